The van der Waals surface area contributed by atoms with E-state index in [1.165, 1.54) is 0 Å². The Labute approximate surface area is 114 Å². The molecule has 0 fully saturated rings. The Morgan fingerprint density at radius 3 is 2.79 bits per heavy atom. The van der Waals surface area contributed by atoms with Gasteiger partial charge in [0.2, 0.25) is 0 Å². The molecule has 0 amide bonds. The second kappa shape index (κ2) is 5.17. The molecule has 2 aromatic rings. The summed E-state index contributed by atoms with van der Waals surface area (Å²) in [6, 6.07) is 0. The van der Waals surface area contributed by atoms with Crippen LogP contribution in [0, 0.1) is 12.3 Å². The molecule has 0 aromatic carbocycles. The van der Waals surface area contributed by atoms with Crippen molar-refractivity contribution in [3.63, 3.8) is 0 Å². The van der Waals surface area contributed by atoms with Gasteiger partial charge in [0.25, 0.3) is 0 Å². The van der Waals surface area contributed by atoms with Crippen molar-refractivity contribution < 1.29 is 0 Å². The van der Waals surface area contributed by atoms with E-state index in [2.05, 4.69) is 48.1 Å². The Bertz CT molecular complexity index is 556. The molecule has 0 spiro atoms. The summed E-state index contributed by atoms with van der Waals surface area (Å²) >= 11 is 0. The Kier molecular flexibility index (Phi) is 3.75. The second-order valence-corrected chi connectivity index (χ2v) is 6.14. The summed E-state index contributed by atoms with van der Waals surface area (Å²) in [4.78, 5) is 11.1. The molecule has 0 bridgehead atoms. The summed E-state index contributed by atoms with van der Waals surface area (Å²) in [6.07, 6.45) is 5.73. The maximum Gasteiger partial charge on any atom is 0.180 e. The van der Waals surface area contributed by atoms with Gasteiger partial charge in [-0.3, -0.25) is 0 Å². The normalized spacial score (nSPS) is 12.3. The summed E-state index contributed by atoms with van der Waals surface area (Å²) in [5.41, 5.74) is 2.04. The van der Waals surface area contributed by atoms with Gasteiger partial charge >= 0.3 is 0 Å². The quantitative estimate of drug-likeness (QED) is 0.894. The SMILES string of the molecule is Cc1cn2ccnc2c(NCC(C)(C)CN(C)C)n1. The zero-order chi connectivity index (χ0) is 14.0. The lowest BCUT2D eigenvalue weighted by Gasteiger charge is -2.28. The number of anilines is 1. The molecule has 2 aromatic heterocycles. The van der Waals surface area contributed by atoms with E-state index in [1.54, 1.807) is 6.20 Å². The van der Waals surface area contributed by atoms with Crippen LogP contribution in [0.3, 0.4) is 0 Å². The van der Waals surface area contributed by atoms with Crippen molar-refractivity contribution in [1.29, 1.82) is 0 Å². The monoisotopic (exact) mass is 261 g/mol. The van der Waals surface area contributed by atoms with Crippen LogP contribution in [0.2, 0.25) is 0 Å². The first-order chi connectivity index (χ1) is 8.87. The highest BCUT2D eigenvalue weighted by Gasteiger charge is 2.19. The fraction of sp³-hybridized carbons (Fsp3) is 0.571. The molecular weight excluding hydrogens is 238 g/mol. The van der Waals surface area contributed by atoms with Gasteiger partial charge in [-0.05, 0) is 26.4 Å². The Morgan fingerprint density at radius 2 is 2.11 bits per heavy atom. The van der Waals surface area contributed by atoms with Crippen molar-refractivity contribution in [3.05, 3.63) is 24.3 Å². The van der Waals surface area contributed by atoms with E-state index in [1.807, 2.05) is 23.7 Å². The molecule has 19 heavy (non-hydrogen) atoms. The number of hydrogen-bond donors (Lipinski definition) is 1. The van der Waals surface area contributed by atoms with Gasteiger partial charge in [-0.1, -0.05) is 13.8 Å². The molecule has 0 aliphatic carbocycles. The lowest BCUT2D eigenvalue weighted by Crippen LogP contribution is -2.34. The summed E-state index contributed by atoms with van der Waals surface area (Å²) < 4.78 is 2.00. The minimum absolute atomic E-state index is 0.179. The third-order valence-corrected chi connectivity index (χ3v) is 2.97. The molecule has 0 unspecified atom stereocenters. The summed E-state index contributed by atoms with van der Waals surface area (Å²) in [5, 5.41) is 3.44. The number of aryl methyl sites for hydroxylation is 1. The molecule has 0 saturated carbocycles. The van der Waals surface area contributed by atoms with E-state index in [0.29, 0.717) is 0 Å². The van der Waals surface area contributed by atoms with Gasteiger partial charge in [-0.25, -0.2) is 9.97 Å². The first-order valence-corrected chi connectivity index (χ1v) is 6.56. The molecule has 5 heteroatoms. The van der Waals surface area contributed by atoms with Crippen LogP contribution in [0.5, 0.6) is 0 Å². The van der Waals surface area contributed by atoms with Gasteiger partial charge in [0.15, 0.2) is 11.5 Å². The summed E-state index contributed by atoms with van der Waals surface area (Å²) in [5.74, 6) is 0.858. The highest BCUT2D eigenvalue weighted by Crippen LogP contribution is 2.19. The van der Waals surface area contributed by atoms with E-state index in [4.69, 9.17) is 0 Å². The molecule has 0 atom stereocenters. The van der Waals surface area contributed by atoms with Crippen molar-refractivity contribution in [2.75, 3.05) is 32.5 Å². The first-order valence-electron chi connectivity index (χ1n) is 6.56. The van der Waals surface area contributed by atoms with E-state index in [-0.39, 0.29) is 5.41 Å². The van der Waals surface area contributed by atoms with Gasteiger partial charge in [0, 0.05) is 31.7 Å². The van der Waals surface area contributed by atoms with E-state index in [9.17, 15) is 0 Å². The van der Waals surface area contributed by atoms with Crippen molar-refractivity contribution in [3.8, 4) is 0 Å². The number of aromatic nitrogens is 3. The largest absolute Gasteiger partial charge is 0.366 e. The van der Waals surface area contributed by atoms with Crippen molar-refractivity contribution in [1.82, 2.24) is 19.3 Å². The maximum atomic E-state index is 4.55. The standard InChI is InChI=1S/C14H23N5/c1-11-8-19-7-6-15-13(19)12(17-11)16-9-14(2,3)10-18(4)5/h6-8H,9-10H2,1-5H3,(H,16,17). The van der Waals surface area contributed by atoms with E-state index < -0.39 is 0 Å². The Balaban J connectivity index is 2.15. The molecule has 1 N–H and O–H groups in total. The first kappa shape index (κ1) is 13.8. The molecule has 5 nitrogen and oxygen atoms in total. The summed E-state index contributed by atoms with van der Waals surface area (Å²) in [6.45, 7) is 8.38. The van der Waals surface area contributed by atoms with Crippen LogP contribution in [0.25, 0.3) is 5.65 Å². The van der Waals surface area contributed by atoms with Crippen LogP contribution in [0.15, 0.2) is 18.6 Å². The number of fused-ring (bicyclic) bond motifs is 1. The highest BCUT2D eigenvalue weighted by atomic mass is 15.1. The lowest BCUT2D eigenvalue weighted by molar-refractivity contribution is 0.254. The third-order valence-electron chi connectivity index (χ3n) is 2.97. The number of hydrogen-bond acceptors (Lipinski definition) is 4. The van der Waals surface area contributed by atoms with Crippen LogP contribution < -0.4 is 5.32 Å². The van der Waals surface area contributed by atoms with E-state index in [0.717, 1.165) is 30.2 Å². The lowest BCUT2D eigenvalue weighted by atomic mass is 9.93. The van der Waals surface area contributed by atoms with E-state index >= 15 is 0 Å². The number of rotatable bonds is 5. The molecule has 2 rings (SSSR count). The topological polar surface area (TPSA) is 45.5 Å². The van der Waals surface area contributed by atoms with Crippen LogP contribution in [0.4, 0.5) is 5.82 Å². The smallest absolute Gasteiger partial charge is 0.180 e. The van der Waals surface area contributed by atoms with Gasteiger partial charge in [0.05, 0.1) is 5.69 Å². The maximum absolute atomic E-state index is 4.55. The van der Waals surface area contributed by atoms with Gasteiger partial charge in [-0.2, -0.15) is 0 Å². The molecule has 104 valence electrons. The number of nitrogens with one attached hydrogen (secondary N) is 1. The molecule has 0 saturated heterocycles. The molecular formula is C14H23N5. The van der Waals surface area contributed by atoms with Gasteiger partial charge in [-0.15, -0.1) is 0 Å². The predicted molar refractivity (Wildman–Crippen MR) is 78.5 cm³/mol. The van der Waals surface area contributed by atoms with Gasteiger partial charge in [0.1, 0.15) is 0 Å². The van der Waals surface area contributed by atoms with Crippen molar-refractivity contribution in [2.24, 2.45) is 5.41 Å². The summed E-state index contributed by atoms with van der Waals surface area (Å²) in [7, 11) is 4.19. The average molecular weight is 261 g/mol. The average Bonchev–Trinajstić information content (AvgIpc) is 2.71. The van der Waals surface area contributed by atoms with Crippen LogP contribution in [0.1, 0.15) is 19.5 Å². The minimum Gasteiger partial charge on any atom is -0.366 e. The molecule has 0 aliphatic rings. The Morgan fingerprint density at radius 1 is 1.37 bits per heavy atom. The Hall–Kier alpha value is -1.62. The van der Waals surface area contributed by atoms with Crippen molar-refractivity contribution in [2.45, 2.75) is 20.8 Å². The fourth-order valence-electron chi connectivity index (χ4n) is 2.41. The van der Waals surface area contributed by atoms with Crippen LogP contribution >= 0.6 is 0 Å². The molecule has 2 heterocycles. The van der Waals surface area contributed by atoms with Crippen LogP contribution in [-0.2, 0) is 0 Å². The number of imidazole rings is 1. The van der Waals surface area contributed by atoms with Crippen molar-refractivity contribution >= 4 is 11.5 Å². The molecule has 0 aliphatic heterocycles. The highest BCUT2D eigenvalue weighted by molar-refractivity contribution is 5.62. The third kappa shape index (κ3) is 3.44. The van der Waals surface area contributed by atoms with Gasteiger partial charge < -0.3 is 14.6 Å². The zero-order valence-electron chi connectivity index (χ0n) is 12.4. The minimum atomic E-state index is 0.179. The predicted octanol–water partition coefficient (Wildman–Crippen LogP) is 2.04. The second-order valence-electron chi connectivity index (χ2n) is 6.14. The molecule has 0 radical (unpaired) electrons. The zero-order valence-corrected chi connectivity index (χ0v) is 12.4. The fourth-order valence-corrected chi connectivity index (χ4v) is 2.41. The number of nitrogens with zero attached hydrogens (tertiary/aromatic N) is 4. The van der Waals surface area contributed by atoms with Crippen LogP contribution in [-0.4, -0.2) is 46.5 Å².